The van der Waals surface area contributed by atoms with Gasteiger partial charge in [-0.2, -0.15) is 0 Å². The van der Waals surface area contributed by atoms with Crippen LogP contribution in [0.25, 0.3) is 86.9 Å². The summed E-state index contributed by atoms with van der Waals surface area (Å²) in [6.45, 7) is 13.8. The van der Waals surface area contributed by atoms with Crippen LogP contribution >= 0.6 is 0 Å². The molecule has 0 aliphatic carbocycles. The molecule has 0 aliphatic heterocycles. The highest BCUT2D eigenvalue weighted by atomic mass is 16.5. The molecule has 9 rings (SSSR count). The van der Waals surface area contributed by atoms with Crippen LogP contribution in [0, 0.1) is 0 Å². The van der Waals surface area contributed by atoms with Crippen LogP contribution in [0.2, 0.25) is 0 Å². The summed E-state index contributed by atoms with van der Waals surface area (Å²) in [6, 6.07) is 41.3. The molecule has 246 valence electrons. The summed E-state index contributed by atoms with van der Waals surface area (Å²) < 4.78 is 11.2. The van der Waals surface area contributed by atoms with Gasteiger partial charge < -0.3 is 9.47 Å². The van der Waals surface area contributed by atoms with Crippen molar-refractivity contribution < 1.29 is 9.47 Å². The molecule has 0 atom stereocenters. The average molecular weight is 651 g/mol. The number of ether oxygens (including phenoxy) is 2. The van der Waals surface area contributed by atoms with Crippen molar-refractivity contribution in [3.63, 3.8) is 0 Å². The lowest BCUT2D eigenvalue weighted by atomic mass is 9.77. The lowest BCUT2D eigenvalue weighted by Crippen LogP contribution is -2.11. The number of fused-ring (bicyclic) bond motifs is 2. The predicted molar refractivity (Wildman–Crippen MR) is 215 cm³/mol. The van der Waals surface area contributed by atoms with Gasteiger partial charge in [0.25, 0.3) is 0 Å². The molecule has 9 aromatic rings. The van der Waals surface area contributed by atoms with E-state index in [9.17, 15) is 0 Å². The average Bonchev–Trinajstić information content (AvgIpc) is 3.11. The molecule has 0 amide bonds. The molecule has 0 unspecified atom stereocenters. The Morgan fingerprint density at radius 3 is 1.12 bits per heavy atom. The summed E-state index contributed by atoms with van der Waals surface area (Å²) in [7, 11) is 3.46. The van der Waals surface area contributed by atoms with Crippen molar-refractivity contribution in [1.29, 1.82) is 0 Å². The first-order chi connectivity index (χ1) is 23.9. The Labute approximate surface area is 293 Å². The first-order valence-electron chi connectivity index (χ1n) is 17.7. The van der Waals surface area contributed by atoms with E-state index in [2.05, 4.69) is 151 Å². The van der Waals surface area contributed by atoms with Crippen LogP contribution in [0.3, 0.4) is 0 Å². The molecule has 50 heavy (non-hydrogen) atoms. The molecule has 0 spiro atoms. The van der Waals surface area contributed by atoms with Gasteiger partial charge in [0.15, 0.2) is 0 Å². The molecule has 0 N–H and O–H groups in total. The van der Waals surface area contributed by atoms with Crippen LogP contribution in [0.4, 0.5) is 0 Å². The van der Waals surface area contributed by atoms with Crippen molar-refractivity contribution >= 4 is 64.6 Å². The highest BCUT2D eigenvalue weighted by molar-refractivity contribution is 6.43. The van der Waals surface area contributed by atoms with Gasteiger partial charge in [-0.1, -0.05) is 114 Å². The number of hydrogen-bond acceptors (Lipinski definition) is 2. The highest BCUT2D eigenvalue weighted by Crippen LogP contribution is 2.52. The minimum absolute atomic E-state index is 0.00629. The number of rotatable bonds is 4. The summed E-state index contributed by atoms with van der Waals surface area (Å²) in [5, 5.41) is 15.7. The maximum absolute atomic E-state index is 5.60. The second-order valence-electron chi connectivity index (χ2n) is 16.1. The third-order valence-corrected chi connectivity index (χ3v) is 11.0. The summed E-state index contributed by atoms with van der Waals surface area (Å²) in [5.74, 6) is 1.72. The Bertz CT molecular complexity index is 2590. The van der Waals surface area contributed by atoms with Crippen molar-refractivity contribution in [2.75, 3.05) is 14.2 Å². The molecule has 9 aromatic carbocycles. The van der Waals surface area contributed by atoms with Crippen LogP contribution in [0.15, 0.2) is 109 Å². The quantitative estimate of drug-likeness (QED) is 0.139. The summed E-state index contributed by atoms with van der Waals surface area (Å²) in [6.07, 6.45) is 0. The fourth-order valence-corrected chi connectivity index (χ4v) is 8.31. The maximum Gasteiger partial charge on any atom is 0.118 e. The van der Waals surface area contributed by atoms with Crippen LogP contribution in [0.5, 0.6) is 11.5 Å². The molecule has 0 bridgehead atoms. The third kappa shape index (κ3) is 4.47. The Morgan fingerprint density at radius 1 is 0.360 bits per heavy atom. The molecule has 0 aromatic heterocycles. The van der Waals surface area contributed by atoms with E-state index in [-0.39, 0.29) is 10.8 Å². The molecule has 0 aliphatic rings. The Morgan fingerprint density at radius 2 is 0.740 bits per heavy atom. The minimum Gasteiger partial charge on any atom is -0.497 e. The van der Waals surface area contributed by atoms with E-state index in [1.807, 2.05) is 0 Å². The van der Waals surface area contributed by atoms with Crippen molar-refractivity contribution in [2.45, 2.75) is 52.4 Å². The molecule has 0 saturated carbocycles. The van der Waals surface area contributed by atoms with E-state index in [0.29, 0.717) is 0 Å². The van der Waals surface area contributed by atoms with Gasteiger partial charge in [0.05, 0.1) is 14.2 Å². The van der Waals surface area contributed by atoms with Crippen LogP contribution in [-0.2, 0) is 10.8 Å². The standard InChI is InChI=1S/C48H42O2/c1-47(2,3)33-21-29-13-19-37-43-38(20-14-30(22-33)41(29)43)45-40(28-11-17-36(50-8)18-12-28)26-32-24-34(48(4,5)6)23-31-25-39(44(37)46(45)42(31)32)27-9-15-35(49-7)16-10-27/h9-26H,1-8H3. The Kier molecular flexibility index (Phi) is 6.50. The molecular weight excluding hydrogens is 609 g/mol. The fourth-order valence-electron chi connectivity index (χ4n) is 8.31. The van der Waals surface area contributed by atoms with Gasteiger partial charge >= 0.3 is 0 Å². The van der Waals surface area contributed by atoms with Crippen LogP contribution < -0.4 is 9.47 Å². The Hall–Kier alpha value is -5.34. The largest absolute Gasteiger partial charge is 0.497 e. The fraction of sp³-hybridized carbons (Fsp3) is 0.208. The molecule has 0 fully saturated rings. The normalized spacial score (nSPS) is 12.8. The molecular formula is C48H42O2. The first kappa shape index (κ1) is 30.7. The van der Waals surface area contributed by atoms with Crippen LogP contribution in [0.1, 0.15) is 52.7 Å². The van der Waals surface area contributed by atoms with E-state index in [1.165, 1.54) is 98.0 Å². The molecule has 0 radical (unpaired) electrons. The first-order valence-corrected chi connectivity index (χ1v) is 17.7. The van der Waals surface area contributed by atoms with E-state index in [4.69, 9.17) is 9.47 Å². The number of hydrogen-bond donors (Lipinski definition) is 0. The van der Waals surface area contributed by atoms with Gasteiger partial charge in [-0.15, -0.1) is 0 Å². The third-order valence-electron chi connectivity index (χ3n) is 11.0. The second-order valence-corrected chi connectivity index (χ2v) is 16.1. The molecule has 2 nitrogen and oxygen atoms in total. The zero-order chi connectivity index (χ0) is 34.7. The molecule has 2 heteroatoms. The minimum atomic E-state index is -0.00629. The van der Waals surface area contributed by atoms with Gasteiger partial charge in [0.2, 0.25) is 0 Å². The van der Waals surface area contributed by atoms with Gasteiger partial charge in [-0.05, 0) is 145 Å². The van der Waals surface area contributed by atoms with E-state index >= 15 is 0 Å². The van der Waals surface area contributed by atoms with Gasteiger partial charge in [0.1, 0.15) is 11.5 Å². The number of benzene rings is 9. The smallest absolute Gasteiger partial charge is 0.118 e. The highest BCUT2D eigenvalue weighted by Gasteiger charge is 2.26. The second kappa shape index (κ2) is 10.6. The summed E-state index contributed by atoms with van der Waals surface area (Å²) in [4.78, 5) is 0. The molecule has 0 saturated heterocycles. The number of methoxy groups -OCH3 is 2. The SMILES string of the molecule is COc1ccc(-c2cc3cc(C(C)(C)C)cc4cc(-c5ccc(OC)cc5)c5c6ccc7cc(C(C)(C)C)cc8ccc(c2c5c34)c6c87)cc1. The maximum atomic E-state index is 5.60. The lowest BCUT2D eigenvalue weighted by Gasteiger charge is -2.26. The van der Waals surface area contributed by atoms with Gasteiger partial charge in [-0.3, -0.25) is 0 Å². The van der Waals surface area contributed by atoms with Crippen molar-refractivity contribution in [3.05, 3.63) is 120 Å². The lowest BCUT2D eigenvalue weighted by molar-refractivity contribution is 0.415. The molecule has 0 heterocycles. The topological polar surface area (TPSA) is 18.5 Å². The zero-order valence-electron chi connectivity index (χ0n) is 30.2. The monoisotopic (exact) mass is 650 g/mol. The van der Waals surface area contributed by atoms with E-state index in [0.717, 1.165) is 11.5 Å². The van der Waals surface area contributed by atoms with Crippen molar-refractivity contribution in [1.82, 2.24) is 0 Å². The van der Waals surface area contributed by atoms with Crippen molar-refractivity contribution in [3.8, 4) is 33.8 Å². The van der Waals surface area contributed by atoms with Gasteiger partial charge in [0, 0.05) is 0 Å². The van der Waals surface area contributed by atoms with E-state index < -0.39 is 0 Å². The van der Waals surface area contributed by atoms with Crippen molar-refractivity contribution in [2.24, 2.45) is 0 Å². The van der Waals surface area contributed by atoms with Crippen LogP contribution in [-0.4, -0.2) is 14.2 Å². The summed E-state index contributed by atoms with van der Waals surface area (Å²) >= 11 is 0. The summed E-state index contributed by atoms with van der Waals surface area (Å²) in [5.41, 5.74) is 7.61. The Balaban J connectivity index is 1.56. The predicted octanol–water partition coefficient (Wildman–Crippen LogP) is 13.4. The zero-order valence-corrected chi connectivity index (χ0v) is 30.2. The van der Waals surface area contributed by atoms with Gasteiger partial charge in [-0.25, -0.2) is 0 Å². The van der Waals surface area contributed by atoms with E-state index in [1.54, 1.807) is 14.2 Å².